The third-order valence-corrected chi connectivity index (χ3v) is 3.94. The molecule has 1 aliphatic rings. The Morgan fingerprint density at radius 3 is 2.76 bits per heavy atom. The van der Waals surface area contributed by atoms with Crippen molar-refractivity contribution in [3.8, 4) is 0 Å². The van der Waals surface area contributed by atoms with E-state index in [4.69, 9.17) is 4.74 Å². The maximum Gasteiger partial charge on any atom is 0.0672 e. The summed E-state index contributed by atoms with van der Waals surface area (Å²) >= 11 is 0. The molecule has 0 bridgehead atoms. The Kier molecular flexibility index (Phi) is 6.17. The first-order chi connectivity index (χ1) is 8.06. The minimum absolute atomic E-state index is 0.634. The van der Waals surface area contributed by atoms with E-state index in [0.717, 1.165) is 18.7 Å². The Labute approximate surface area is 106 Å². The van der Waals surface area contributed by atoms with Gasteiger partial charge in [0, 0.05) is 25.2 Å². The van der Waals surface area contributed by atoms with Gasteiger partial charge in [-0.2, -0.15) is 0 Å². The molecule has 1 heterocycles. The van der Waals surface area contributed by atoms with Crippen molar-refractivity contribution in [1.29, 1.82) is 0 Å². The smallest absolute Gasteiger partial charge is 0.0672 e. The van der Waals surface area contributed by atoms with Crippen molar-refractivity contribution in [2.75, 3.05) is 33.4 Å². The number of nitrogens with zero attached hydrogens (tertiary/aromatic N) is 1. The van der Waals surface area contributed by atoms with Crippen molar-refractivity contribution in [3.05, 3.63) is 12.2 Å². The summed E-state index contributed by atoms with van der Waals surface area (Å²) in [6.45, 7) is 14.2. The summed E-state index contributed by atoms with van der Waals surface area (Å²) in [5.41, 5.74) is 1.10. The van der Waals surface area contributed by atoms with Crippen molar-refractivity contribution < 1.29 is 4.74 Å². The molecule has 0 aromatic carbocycles. The fourth-order valence-electron chi connectivity index (χ4n) is 2.59. The third-order valence-electron chi connectivity index (χ3n) is 3.94. The SMILES string of the molecule is C=C(C)COCCN1CCC(NC)C(C)C1C. The molecule has 0 aromatic heterocycles. The average molecular weight is 240 g/mol. The lowest BCUT2D eigenvalue weighted by atomic mass is 9.87. The van der Waals surface area contributed by atoms with Crippen LogP contribution in [-0.2, 0) is 4.74 Å². The predicted molar refractivity (Wildman–Crippen MR) is 73.3 cm³/mol. The highest BCUT2D eigenvalue weighted by Gasteiger charge is 2.30. The fourth-order valence-corrected chi connectivity index (χ4v) is 2.59. The fraction of sp³-hybridized carbons (Fsp3) is 0.857. The van der Waals surface area contributed by atoms with E-state index in [2.05, 4.69) is 37.7 Å². The Balaban J connectivity index is 2.28. The molecule has 3 unspecified atom stereocenters. The Hall–Kier alpha value is -0.380. The van der Waals surface area contributed by atoms with Gasteiger partial charge in [-0.1, -0.05) is 19.1 Å². The molecule has 1 fully saturated rings. The number of ether oxygens (including phenoxy) is 1. The van der Waals surface area contributed by atoms with Crippen LogP contribution < -0.4 is 5.32 Å². The molecule has 3 heteroatoms. The molecule has 0 saturated carbocycles. The van der Waals surface area contributed by atoms with Crippen LogP contribution in [0.4, 0.5) is 0 Å². The average Bonchev–Trinajstić information content (AvgIpc) is 2.29. The van der Waals surface area contributed by atoms with Gasteiger partial charge in [-0.15, -0.1) is 0 Å². The zero-order valence-electron chi connectivity index (χ0n) is 11.8. The molecule has 3 atom stereocenters. The number of hydrogen-bond donors (Lipinski definition) is 1. The molecular weight excluding hydrogens is 212 g/mol. The maximum atomic E-state index is 5.58. The summed E-state index contributed by atoms with van der Waals surface area (Å²) in [6.07, 6.45) is 1.24. The highest BCUT2D eigenvalue weighted by atomic mass is 16.5. The first kappa shape index (κ1) is 14.7. The van der Waals surface area contributed by atoms with E-state index in [1.54, 1.807) is 0 Å². The van der Waals surface area contributed by atoms with Crippen LogP contribution >= 0.6 is 0 Å². The van der Waals surface area contributed by atoms with Crippen LogP contribution in [0.5, 0.6) is 0 Å². The van der Waals surface area contributed by atoms with Gasteiger partial charge in [0.15, 0.2) is 0 Å². The van der Waals surface area contributed by atoms with Gasteiger partial charge in [-0.3, -0.25) is 4.90 Å². The highest BCUT2D eigenvalue weighted by molar-refractivity contribution is 4.89. The van der Waals surface area contributed by atoms with E-state index in [1.807, 2.05) is 6.92 Å². The predicted octanol–water partition coefficient (Wildman–Crippen LogP) is 1.90. The van der Waals surface area contributed by atoms with Crippen LogP contribution in [0.25, 0.3) is 0 Å². The molecule has 0 radical (unpaired) electrons. The molecular formula is C14H28N2O. The van der Waals surface area contributed by atoms with Crippen LogP contribution in [0.1, 0.15) is 27.2 Å². The molecule has 0 spiro atoms. The first-order valence-electron chi connectivity index (χ1n) is 6.69. The number of piperidine rings is 1. The molecule has 0 aliphatic carbocycles. The van der Waals surface area contributed by atoms with Gasteiger partial charge < -0.3 is 10.1 Å². The van der Waals surface area contributed by atoms with Gasteiger partial charge in [0.1, 0.15) is 0 Å². The molecule has 17 heavy (non-hydrogen) atoms. The van der Waals surface area contributed by atoms with E-state index in [1.165, 1.54) is 13.0 Å². The molecule has 1 aliphatic heterocycles. The number of hydrogen-bond acceptors (Lipinski definition) is 3. The zero-order valence-corrected chi connectivity index (χ0v) is 11.8. The third kappa shape index (κ3) is 4.41. The number of likely N-dealkylation sites (tertiary alicyclic amines) is 1. The van der Waals surface area contributed by atoms with Gasteiger partial charge in [-0.25, -0.2) is 0 Å². The Bertz CT molecular complexity index is 242. The lowest BCUT2D eigenvalue weighted by Crippen LogP contribution is -2.53. The lowest BCUT2D eigenvalue weighted by molar-refractivity contribution is 0.0514. The quantitative estimate of drug-likeness (QED) is 0.567. The van der Waals surface area contributed by atoms with E-state index in [9.17, 15) is 0 Å². The molecule has 3 nitrogen and oxygen atoms in total. The number of nitrogens with one attached hydrogen (secondary N) is 1. The second-order valence-electron chi connectivity index (χ2n) is 5.33. The van der Waals surface area contributed by atoms with Gasteiger partial charge in [0.25, 0.3) is 0 Å². The monoisotopic (exact) mass is 240 g/mol. The summed E-state index contributed by atoms with van der Waals surface area (Å²) in [5, 5.41) is 3.42. The summed E-state index contributed by atoms with van der Waals surface area (Å²) in [4.78, 5) is 2.54. The lowest BCUT2D eigenvalue weighted by Gasteiger charge is -2.42. The molecule has 1 rings (SSSR count). The Morgan fingerprint density at radius 2 is 2.18 bits per heavy atom. The molecule has 0 aromatic rings. The highest BCUT2D eigenvalue weighted by Crippen LogP contribution is 2.22. The van der Waals surface area contributed by atoms with Crippen molar-refractivity contribution >= 4 is 0 Å². The molecule has 1 saturated heterocycles. The van der Waals surface area contributed by atoms with Crippen LogP contribution in [0.3, 0.4) is 0 Å². The molecule has 1 N–H and O–H groups in total. The Morgan fingerprint density at radius 1 is 1.47 bits per heavy atom. The van der Waals surface area contributed by atoms with Crippen LogP contribution in [0, 0.1) is 5.92 Å². The van der Waals surface area contributed by atoms with Crippen molar-refractivity contribution in [3.63, 3.8) is 0 Å². The maximum absolute atomic E-state index is 5.58. The van der Waals surface area contributed by atoms with Gasteiger partial charge in [0.2, 0.25) is 0 Å². The van der Waals surface area contributed by atoms with Gasteiger partial charge in [0.05, 0.1) is 13.2 Å². The summed E-state index contributed by atoms with van der Waals surface area (Å²) in [7, 11) is 2.07. The minimum Gasteiger partial charge on any atom is -0.376 e. The largest absolute Gasteiger partial charge is 0.376 e. The van der Waals surface area contributed by atoms with Gasteiger partial charge >= 0.3 is 0 Å². The normalized spacial score (nSPS) is 30.5. The minimum atomic E-state index is 0.634. The van der Waals surface area contributed by atoms with Crippen molar-refractivity contribution in [2.24, 2.45) is 5.92 Å². The summed E-state index contributed by atoms with van der Waals surface area (Å²) < 4.78 is 5.58. The van der Waals surface area contributed by atoms with E-state index in [-0.39, 0.29) is 0 Å². The van der Waals surface area contributed by atoms with Crippen LogP contribution in [0.15, 0.2) is 12.2 Å². The second kappa shape index (κ2) is 7.14. The van der Waals surface area contributed by atoms with E-state index < -0.39 is 0 Å². The van der Waals surface area contributed by atoms with Crippen molar-refractivity contribution in [1.82, 2.24) is 10.2 Å². The first-order valence-corrected chi connectivity index (χ1v) is 6.69. The molecule has 100 valence electrons. The summed E-state index contributed by atoms with van der Waals surface area (Å²) in [6, 6.07) is 1.30. The van der Waals surface area contributed by atoms with E-state index >= 15 is 0 Å². The van der Waals surface area contributed by atoms with E-state index in [0.29, 0.717) is 24.6 Å². The van der Waals surface area contributed by atoms with Gasteiger partial charge in [-0.05, 0) is 33.2 Å². The second-order valence-corrected chi connectivity index (χ2v) is 5.33. The molecule has 0 amide bonds. The number of rotatable bonds is 6. The summed E-state index contributed by atoms with van der Waals surface area (Å²) in [5.74, 6) is 0.704. The topological polar surface area (TPSA) is 24.5 Å². The van der Waals surface area contributed by atoms with Crippen LogP contribution in [-0.4, -0.2) is 50.3 Å². The van der Waals surface area contributed by atoms with Crippen molar-refractivity contribution in [2.45, 2.75) is 39.3 Å². The standard InChI is InChI=1S/C14H28N2O/c1-11(2)10-17-9-8-16-7-6-14(15-5)12(3)13(16)4/h12-15H,1,6-10H2,2-5H3. The van der Waals surface area contributed by atoms with Crippen LogP contribution in [0.2, 0.25) is 0 Å². The zero-order chi connectivity index (χ0) is 12.8.